The Morgan fingerprint density at radius 2 is 2.14 bits per heavy atom. The Bertz CT molecular complexity index is 214. The monoisotopic (exact) mass is 281 g/mol. The zero-order valence-electron chi connectivity index (χ0n) is 8.65. The van der Waals surface area contributed by atoms with Crippen LogP contribution < -0.4 is 5.32 Å². The summed E-state index contributed by atoms with van der Waals surface area (Å²) in [5.41, 5.74) is -0.445. The summed E-state index contributed by atoms with van der Waals surface area (Å²) in [5, 5.41) is 2.95. The highest BCUT2D eigenvalue weighted by molar-refractivity contribution is 9.09. The maximum absolute atomic E-state index is 11.6. The lowest BCUT2D eigenvalue weighted by atomic mass is 9.85. The second kappa shape index (κ2) is 4.84. The first-order valence-electron chi connectivity index (χ1n) is 4.94. The van der Waals surface area contributed by atoms with E-state index in [1.165, 1.54) is 12.8 Å². The van der Waals surface area contributed by atoms with E-state index in [9.17, 15) is 4.79 Å². The number of alkyl halides is 2. The smallest absolute Gasteiger partial charge is 0.226 e. The van der Waals surface area contributed by atoms with Crippen molar-refractivity contribution in [1.82, 2.24) is 5.32 Å². The Balaban J connectivity index is 2.21. The van der Waals surface area contributed by atoms with Crippen LogP contribution in [0.3, 0.4) is 0 Å². The van der Waals surface area contributed by atoms with Crippen molar-refractivity contribution < 1.29 is 4.79 Å². The van der Waals surface area contributed by atoms with Crippen LogP contribution in [-0.2, 0) is 4.79 Å². The molecule has 1 fully saturated rings. The third kappa shape index (κ3) is 3.13. The summed E-state index contributed by atoms with van der Waals surface area (Å²) in [7, 11) is 0. The number of carbonyl (C=O) groups is 1. The Labute approximate surface area is 98.9 Å². The predicted octanol–water partition coefficient (Wildman–Crippen LogP) is 2.54. The molecule has 1 aliphatic carbocycles. The van der Waals surface area contributed by atoms with Crippen LogP contribution in [0.1, 0.15) is 26.7 Å². The molecule has 0 bridgehead atoms. The number of amides is 1. The Morgan fingerprint density at radius 1 is 1.57 bits per heavy atom. The first-order chi connectivity index (χ1) is 6.45. The van der Waals surface area contributed by atoms with Gasteiger partial charge in [0, 0.05) is 17.3 Å². The van der Waals surface area contributed by atoms with E-state index >= 15 is 0 Å². The normalized spacial score (nSPS) is 26.9. The molecule has 0 radical (unpaired) electrons. The molecule has 0 heterocycles. The molecule has 0 spiro atoms. The number of hydrogen-bond donors (Lipinski definition) is 1. The van der Waals surface area contributed by atoms with Gasteiger partial charge in [0.2, 0.25) is 5.91 Å². The molecule has 1 N–H and O–H groups in total. The van der Waals surface area contributed by atoms with Crippen LogP contribution >= 0.6 is 27.5 Å². The average molecular weight is 283 g/mol. The number of halogens is 2. The van der Waals surface area contributed by atoms with Crippen LogP contribution in [0.5, 0.6) is 0 Å². The van der Waals surface area contributed by atoms with Gasteiger partial charge in [0.15, 0.2) is 0 Å². The third-order valence-electron chi connectivity index (χ3n) is 2.68. The van der Waals surface area contributed by atoms with Gasteiger partial charge in [0.05, 0.1) is 5.41 Å². The minimum atomic E-state index is -0.445. The van der Waals surface area contributed by atoms with Gasteiger partial charge in [0.25, 0.3) is 0 Å². The van der Waals surface area contributed by atoms with Gasteiger partial charge in [-0.3, -0.25) is 4.79 Å². The summed E-state index contributed by atoms with van der Waals surface area (Å²) in [5.74, 6) is 1.07. The quantitative estimate of drug-likeness (QED) is 0.789. The van der Waals surface area contributed by atoms with E-state index in [2.05, 4.69) is 21.2 Å². The van der Waals surface area contributed by atoms with Crippen molar-refractivity contribution in [3.05, 3.63) is 0 Å². The van der Waals surface area contributed by atoms with E-state index in [0.717, 1.165) is 6.54 Å². The van der Waals surface area contributed by atoms with Crippen molar-refractivity contribution in [1.29, 1.82) is 0 Å². The molecule has 1 amide bonds. The standard InChI is InChI=1S/C10H17BrClNO/c1-10(2,6-12)9(14)13-5-7-3-8(11)4-7/h7-8H,3-6H2,1-2H3,(H,13,14). The topological polar surface area (TPSA) is 29.1 Å². The SMILES string of the molecule is CC(C)(CCl)C(=O)NCC1CC(Br)C1. The predicted molar refractivity (Wildman–Crippen MR) is 62.9 cm³/mol. The lowest BCUT2D eigenvalue weighted by molar-refractivity contribution is -0.128. The Hall–Kier alpha value is 0.240. The first-order valence-corrected chi connectivity index (χ1v) is 6.39. The summed E-state index contributed by atoms with van der Waals surface area (Å²) < 4.78 is 0. The molecule has 1 aliphatic rings. The maximum atomic E-state index is 11.6. The third-order valence-corrected chi connectivity index (χ3v) is 4.09. The maximum Gasteiger partial charge on any atom is 0.226 e. The van der Waals surface area contributed by atoms with Gasteiger partial charge in [-0.25, -0.2) is 0 Å². The molecule has 0 atom stereocenters. The fourth-order valence-corrected chi connectivity index (χ4v) is 2.54. The van der Waals surface area contributed by atoms with Gasteiger partial charge in [-0.1, -0.05) is 15.9 Å². The van der Waals surface area contributed by atoms with Crippen molar-refractivity contribution in [2.45, 2.75) is 31.5 Å². The molecule has 82 valence electrons. The molecule has 2 nitrogen and oxygen atoms in total. The second-order valence-corrected chi connectivity index (χ2v) is 6.22. The van der Waals surface area contributed by atoms with Crippen molar-refractivity contribution in [2.24, 2.45) is 11.3 Å². The van der Waals surface area contributed by atoms with Crippen LogP contribution in [0.4, 0.5) is 0 Å². The highest BCUT2D eigenvalue weighted by atomic mass is 79.9. The van der Waals surface area contributed by atoms with Gasteiger partial charge < -0.3 is 5.32 Å². The molecule has 0 aliphatic heterocycles. The highest BCUT2D eigenvalue weighted by Gasteiger charge is 2.30. The van der Waals surface area contributed by atoms with Gasteiger partial charge in [-0.2, -0.15) is 0 Å². The van der Waals surface area contributed by atoms with Gasteiger partial charge in [-0.15, -0.1) is 11.6 Å². The summed E-state index contributed by atoms with van der Waals surface area (Å²) in [6.45, 7) is 4.52. The van der Waals surface area contributed by atoms with Gasteiger partial charge in [-0.05, 0) is 32.6 Å². The molecule has 14 heavy (non-hydrogen) atoms. The van der Waals surface area contributed by atoms with Gasteiger partial charge >= 0.3 is 0 Å². The van der Waals surface area contributed by atoms with E-state index in [-0.39, 0.29) is 5.91 Å². The number of hydrogen-bond acceptors (Lipinski definition) is 1. The minimum Gasteiger partial charge on any atom is -0.355 e. The number of carbonyl (C=O) groups excluding carboxylic acids is 1. The fraction of sp³-hybridized carbons (Fsp3) is 0.900. The largest absolute Gasteiger partial charge is 0.355 e. The molecular formula is C10H17BrClNO. The molecule has 0 aromatic rings. The van der Waals surface area contributed by atoms with Crippen LogP contribution in [0, 0.1) is 11.3 Å². The van der Waals surface area contributed by atoms with E-state index in [1.54, 1.807) is 0 Å². The zero-order valence-corrected chi connectivity index (χ0v) is 11.0. The van der Waals surface area contributed by atoms with Crippen LogP contribution in [0.15, 0.2) is 0 Å². The summed E-state index contributed by atoms with van der Waals surface area (Å²) in [6, 6.07) is 0. The average Bonchev–Trinajstić information content (AvgIpc) is 2.10. The van der Waals surface area contributed by atoms with E-state index in [0.29, 0.717) is 16.6 Å². The lowest BCUT2D eigenvalue weighted by Gasteiger charge is -2.32. The summed E-state index contributed by atoms with van der Waals surface area (Å²) in [4.78, 5) is 12.3. The molecule has 1 saturated carbocycles. The van der Waals surface area contributed by atoms with Crippen LogP contribution in [-0.4, -0.2) is 23.2 Å². The van der Waals surface area contributed by atoms with Crippen molar-refractivity contribution in [3.8, 4) is 0 Å². The second-order valence-electron chi connectivity index (χ2n) is 4.66. The molecule has 0 saturated heterocycles. The highest BCUT2D eigenvalue weighted by Crippen LogP contribution is 2.32. The molecule has 0 aromatic carbocycles. The molecule has 0 aromatic heterocycles. The molecule has 4 heteroatoms. The van der Waals surface area contributed by atoms with E-state index in [4.69, 9.17) is 11.6 Å². The molecule has 0 unspecified atom stereocenters. The van der Waals surface area contributed by atoms with Crippen molar-refractivity contribution in [2.75, 3.05) is 12.4 Å². The lowest BCUT2D eigenvalue weighted by Crippen LogP contribution is -2.43. The van der Waals surface area contributed by atoms with Crippen LogP contribution in [0.25, 0.3) is 0 Å². The fourth-order valence-electron chi connectivity index (χ4n) is 1.36. The Morgan fingerprint density at radius 3 is 2.57 bits per heavy atom. The van der Waals surface area contributed by atoms with E-state index < -0.39 is 5.41 Å². The molecule has 1 rings (SSSR count). The first kappa shape index (κ1) is 12.3. The van der Waals surface area contributed by atoms with E-state index in [1.807, 2.05) is 13.8 Å². The zero-order chi connectivity index (χ0) is 10.8. The molecular weight excluding hydrogens is 265 g/mol. The summed E-state index contributed by atoms with van der Waals surface area (Å²) >= 11 is 9.23. The van der Waals surface area contributed by atoms with Crippen molar-refractivity contribution >= 4 is 33.4 Å². The minimum absolute atomic E-state index is 0.0607. The number of nitrogens with one attached hydrogen (secondary N) is 1. The Kier molecular flexibility index (Phi) is 4.26. The number of rotatable bonds is 4. The van der Waals surface area contributed by atoms with Crippen LogP contribution in [0.2, 0.25) is 0 Å². The van der Waals surface area contributed by atoms with Gasteiger partial charge in [0.1, 0.15) is 0 Å². The summed E-state index contributed by atoms with van der Waals surface area (Å²) in [6.07, 6.45) is 2.34. The van der Waals surface area contributed by atoms with Crippen molar-refractivity contribution in [3.63, 3.8) is 0 Å².